The van der Waals surface area contributed by atoms with Crippen LogP contribution < -0.4 is 10.6 Å². The van der Waals surface area contributed by atoms with Crippen molar-refractivity contribution in [3.8, 4) is 0 Å². The van der Waals surface area contributed by atoms with Gasteiger partial charge >= 0.3 is 0 Å². The maximum atomic E-state index is 13.4. The number of hydrogen-bond acceptors (Lipinski definition) is 4. The van der Waals surface area contributed by atoms with Crippen molar-refractivity contribution in [1.82, 2.24) is 5.32 Å². The molecule has 0 aliphatic rings. The van der Waals surface area contributed by atoms with Crippen LogP contribution in [0.25, 0.3) is 6.08 Å². The fraction of sp³-hybridized carbons (Fsp3) is 0. The Labute approximate surface area is 195 Å². The van der Waals surface area contributed by atoms with Crippen LogP contribution in [0, 0.1) is 15.9 Å². The number of anilines is 1. The Kier molecular flexibility index (Phi) is 7.34. The highest BCUT2D eigenvalue weighted by atomic mass is 79.9. The van der Waals surface area contributed by atoms with Crippen molar-refractivity contribution in [3.63, 3.8) is 0 Å². The lowest BCUT2D eigenvalue weighted by atomic mass is 10.1. The number of hydrogen-bond donors (Lipinski definition) is 2. The summed E-state index contributed by atoms with van der Waals surface area (Å²) in [7, 11) is 0. The van der Waals surface area contributed by atoms with Gasteiger partial charge in [0.1, 0.15) is 11.5 Å². The molecule has 0 saturated carbocycles. The fourth-order valence-electron chi connectivity index (χ4n) is 2.66. The van der Waals surface area contributed by atoms with Crippen molar-refractivity contribution in [1.29, 1.82) is 0 Å². The summed E-state index contributed by atoms with van der Waals surface area (Å²) in [6.07, 6.45) is 1.29. The predicted molar refractivity (Wildman–Crippen MR) is 123 cm³/mol. The molecule has 3 aromatic carbocycles. The smallest absolute Gasteiger partial charge is 0.272 e. The van der Waals surface area contributed by atoms with E-state index in [9.17, 15) is 24.1 Å². The van der Waals surface area contributed by atoms with Gasteiger partial charge in [0.15, 0.2) is 0 Å². The molecule has 10 heteroatoms. The van der Waals surface area contributed by atoms with Crippen LogP contribution in [0.5, 0.6) is 0 Å². The predicted octanol–water partition coefficient (Wildman–Crippen LogP) is 5.56. The minimum absolute atomic E-state index is 0.180. The van der Waals surface area contributed by atoms with Gasteiger partial charge in [-0.25, -0.2) is 4.39 Å². The minimum atomic E-state index is -0.736. The van der Waals surface area contributed by atoms with E-state index < -0.39 is 22.6 Å². The van der Waals surface area contributed by atoms with E-state index in [0.717, 1.165) is 6.07 Å². The van der Waals surface area contributed by atoms with Gasteiger partial charge in [0.25, 0.3) is 17.5 Å². The van der Waals surface area contributed by atoms with Gasteiger partial charge in [0.2, 0.25) is 0 Å². The van der Waals surface area contributed by atoms with Crippen molar-refractivity contribution in [2.75, 3.05) is 5.32 Å². The zero-order valence-corrected chi connectivity index (χ0v) is 18.5. The summed E-state index contributed by atoms with van der Waals surface area (Å²) in [4.78, 5) is 36.2. The van der Waals surface area contributed by atoms with Crippen LogP contribution in [0.4, 0.5) is 15.8 Å². The first-order valence-corrected chi connectivity index (χ1v) is 10.2. The zero-order valence-electron chi connectivity index (χ0n) is 16.1. The molecule has 3 rings (SSSR count). The van der Waals surface area contributed by atoms with Crippen LogP contribution in [0.15, 0.2) is 76.9 Å². The summed E-state index contributed by atoms with van der Waals surface area (Å²) in [6.45, 7) is 0. The molecule has 0 saturated heterocycles. The van der Waals surface area contributed by atoms with Crippen molar-refractivity contribution >= 4 is 56.8 Å². The number of halogens is 3. The Hall–Kier alpha value is -3.56. The van der Waals surface area contributed by atoms with E-state index in [0.29, 0.717) is 10.0 Å². The van der Waals surface area contributed by atoms with Crippen LogP contribution in [-0.4, -0.2) is 16.7 Å². The van der Waals surface area contributed by atoms with Crippen molar-refractivity contribution in [3.05, 3.63) is 109 Å². The molecular formula is C22H14BrClFN3O4. The number of nitrogens with zero attached hydrogens (tertiary/aromatic N) is 1. The quantitative estimate of drug-likeness (QED) is 0.253. The van der Waals surface area contributed by atoms with Crippen molar-refractivity contribution in [2.45, 2.75) is 0 Å². The molecule has 0 atom stereocenters. The number of nitrogens with one attached hydrogen (secondary N) is 2. The number of nitro benzene ring substituents is 1. The number of carbonyl (C=O) groups excluding carboxylic acids is 2. The summed E-state index contributed by atoms with van der Waals surface area (Å²) in [5.74, 6) is -1.97. The second-order valence-electron chi connectivity index (χ2n) is 6.43. The highest BCUT2D eigenvalue weighted by Gasteiger charge is 2.17. The molecule has 2 amide bonds. The maximum Gasteiger partial charge on any atom is 0.272 e. The lowest BCUT2D eigenvalue weighted by Gasteiger charge is -2.12. The number of rotatable bonds is 6. The number of non-ortho nitro benzene ring substituents is 1. The summed E-state index contributed by atoms with van der Waals surface area (Å²) >= 11 is 9.03. The van der Waals surface area contributed by atoms with Crippen molar-refractivity contribution in [2.24, 2.45) is 0 Å². The van der Waals surface area contributed by atoms with E-state index in [-0.39, 0.29) is 27.7 Å². The standard InChI is InChI=1S/C22H14BrClFN3O4/c23-17-7-2-1-6-16(17)21(29)27-20(11-13-4-3-5-15(10-13)28(31)32)22(30)26-14-8-9-19(25)18(24)12-14/h1-12H,(H,26,30)(H,27,29). The highest BCUT2D eigenvalue weighted by Crippen LogP contribution is 2.21. The van der Waals surface area contributed by atoms with Crippen LogP contribution in [0.3, 0.4) is 0 Å². The van der Waals surface area contributed by atoms with Crippen LogP contribution >= 0.6 is 27.5 Å². The molecule has 0 heterocycles. The Morgan fingerprint density at radius 3 is 2.50 bits per heavy atom. The van der Waals surface area contributed by atoms with Gasteiger partial charge in [-0.3, -0.25) is 19.7 Å². The van der Waals surface area contributed by atoms with Gasteiger partial charge in [0.05, 0.1) is 15.5 Å². The summed E-state index contributed by atoms with van der Waals surface area (Å²) in [6, 6.07) is 15.8. The number of benzene rings is 3. The largest absolute Gasteiger partial charge is 0.321 e. The van der Waals surface area contributed by atoms with Gasteiger partial charge in [-0.1, -0.05) is 35.9 Å². The molecular weight excluding hydrogens is 505 g/mol. The third kappa shape index (κ3) is 5.77. The molecule has 0 unspecified atom stereocenters. The molecule has 7 nitrogen and oxygen atoms in total. The normalized spacial score (nSPS) is 11.0. The Balaban J connectivity index is 1.96. The molecule has 0 aliphatic heterocycles. The molecule has 0 bridgehead atoms. The third-order valence-electron chi connectivity index (χ3n) is 4.18. The fourth-order valence-corrected chi connectivity index (χ4v) is 3.31. The molecule has 32 heavy (non-hydrogen) atoms. The van der Waals surface area contributed by atoms with Crippen LogP contribution in [0.2, 0.25) is 5.02 Å². The van der Waals surface area contributed by atoms with E-state index in [1.54, 1.807) is 30.3 Å². The van der Waals surface area contributed by atoms with Crippen LogP contribution in [0.1, 0.15) is 15.9 Å². The first kappa shape index (κ1) is 23.1. The van der Waals surface area contributed by atoms with E-state index in [2.05, 4.69) is 26.6 Å². The number of amides is 2. The first-order chi connectivity index (χ1) is 15.2. The summed E-state index contributed by atoms with van der Waals surface area (Å²) < 4.78 is 13.9. The van der Waals surface area contributed by atoms with E-state index >= 15 is 0 Å². The highest BCUT2D eigenvalue weighted by molar-refractivity contribution is 9.10. The van der Waals surface area contributed by atoms with Gasteiger partial charge in [-0.05, 0) is 57.9 Å². The second kappa shape index (κ2) is 10.2. The molecule has 162 valence electrons. The summed E-state index contributed by atoms with van der Waals surface area (Å²) in [5.41, 5.74) is 0.415. The topological polar surface area (TPSA) is 101 Å². The molecule has 0 fully saturated rings. The average Bonchev–Trinajstić information content (AvgIpc) is 2.76. The molecule has 0 aromatic heterocycles. The van der Waals surface area contributed by atoms with Crippen molar-refractivity contribution < 1.29 is 18.9 Å². The van der Waals surface area contributed by atoms with Crippen LogP contribution in [-0.2, 0) is 4.79 Å². The molecule has 0 spiro atoms. The number of carbonyl (C=O) groups is 2. The first-order valence-electron chi connectivity index (χ1n) is 9.03. The Bertz CT molecular complexity index is 1250. The van der Waals surface area contributed by atoms with Gasteiger partial charge in [-0.15, -0.1) is 0 Å². The van der Waals surface area contributed by atoms with E-state index in [4.69, 9.17) is 11.6 Å². The minimum Gasteiger partial charge on any atom is -0.321 e. The maximum absolute atomic E-state index is 13.4. The van der Waals surface area contributed by atoms with Gasteiger partial charge < -0.3 is 10.6 Å². The lowest BCUT2D eigenvalue weighted by molar-refractivity contribution is -0.384. The average molecular weight is 519 g/mol. The summed E-state index contributed by atoms with van der Waals surface area (Å²) in [5, 5.41) is 15.9. The SMILES string of the molecule is O=C(Nc1ccc(F)c(Cl)c1)C(=Cc1cccc([N+](=O)[O-])c1)NC(=O)c1ccccc1Br. The zero-order chi connectivity index (χ0) is 23.3. The van der Waals surface area contributed by atoms with Gasteiger partial charge in [-0.2, -0.15) is 0 Å². The van der Waals surface area contributed by atoms with E-state index in [1.165, 1.54) is 36.4 Å². The van der Waals surface area contributed by atoms with E-state index in [1.807, 2.05) is 0 Å². The molecule has 0 radical (unpaired) electrons. The third-order valence-corrected chi connectivity index (χ3v) is 5.16. The Morgan fingerprint density at radius 1 is 1.06 bits per heavy atom. The lowest BCUT2D eigenvalue weighted by Crippen LogP contribution is -2.31. The Morgan fingerprint density at radius 2 is 1.81 bits per heavy atom. The molecule has 2 N–H and O–H groups in total. The number of nitro groups is 1. The molecule has 3 aromatic rings. The van der Waals surface area contributed by atoms with Gasteiger partial charge in [0, 0.05) is 22.3 Å². The monoisotopic (exact) mass is 517 g/mol. The molecule has 0 aliphatic carbocycles. The second-order valence-corrected chi connectivity index (χ2v) is 7.69.